The van der Waals surface area contributed by atoms with Crippen molar-refractivity contribution in [2.75, 3.05) is 13.1 Å². The summed E-state index contributed by atoms with van der Waals surface area (Å²) in [5.41, 5.74) is 4.06. The quantitative estimate of drug-likeness (QED) is 0.113. The van der Waals surface area contributed by atoms with Crippen LogP contribution in [-0.2, 0) is 37.0 Å². The number of nitrogens with one attached hydrogen (secondary N) is 1. The Bertz CT molecular complexity index is 2460. The molecule has 1 N–H and O–H groups in total. The number of ether oxygens (including phenoxy) is 1. The molecule has 316 valence electrons. The number of aromatic nitrogens is 4. The molecule has 2 atom stereocenters. The lowest BCUT2D eigenvalue weighted by molar-refractivity contribution is 0.0522. The molecule has 13 heteroatoms. The molecule has 6 aromatic rings. The van der Waals surface area contributed by atoms with Gasteiger partial charge in [-0.25, -0.2) is 4.79 Å². The number of hydrogen-bond donors (Lipinski definition) is 1. The van der Waals surface area contributed by atoms with E-state index in [9.17, 15) is 14.4 Å². The van der Waals surface area contributed by atoms with E-state index in [-0.39, 0.29) is 23.9 Å². The fourth-order valence-electron chi connectivity index (χ4n) is 8.24. The summed E-state index contributed by atoms with van der Waals surface area (Å²) in [6, 6.07) is 29.2. The predicted molar refractivity (Wildman–Crippen MR) is 229 cm³/mol. The molecule has 4 aromatic carbocycles. The normalized spacial score (nSPS) is 16.6. The first-order valence-corrected chi connectivity index (χ1v) is 21.5. The molecule has 0 radical (unpaired) electrons. The number of rotatable bonds is 14. The standard InChI is InChI=1S/C48H53N7O6/c1-48(2,3)59-47(58)49-31-34-21-19-33(20-22-34)14-8-18-42-51-44(61-53-42)40-16-10-28-55(40)46(57)38-26-24-35-29-37(25-23-36(35)30-38)45(56)54-27-9-15-39(54)43-50-41(52-60-43)17-7-13-32-11-5-4-6-12-32/h4-6,11-12,19-26,29-30,39-40H,7-10,13-18,27-28,31H2,1-3H3,(H,49,58)/t39-,40-/m0/s1. The van der Waals surface area contributed by atoms with E-state index in [4.69, 9.17) is 23.8 Å². The number of fused-ring (bicyclic) bond motifs is 1. The molecule has 4 heterocycles. The van der Waals surface area contributed by atoms with Gasteiger partial charge in [0.25, 0.3) is 11.8 Å². The summed E-state index contributed by atoms with van der Waals surface area (Å²) in [6.07, 6.45) is 7.67. The summed E-state index contributed by atoms with van der Waals surface area (Å²) in [4.78, 5) is 52.9. The second-order valence-corrected chi connectivity index (χ2v) is 17.1. The molecule has 0 bridgehead atoms. The molecular weight excluding hydrogens is 771 g/mol. The third kappa shape index (κ3) is 10.3. The van der Waals surface area contributed by atoms with Crippen molar-refractivity contribution in [1.29, 1.82) is 0 Å². The van der Waals surface area contributed by atoms with Crippen molar-refractivity contribution in [1.82, 2.24) is 35.4 Å². The lowest BCUT2D eigenvalue weighted by Crippen LogP contribution is -2.32. The summed E-state index contributed by atoms with van der Waals surface area (Å²) >= 11 is 0. The zero-order valence-corrected chi connectivity index (χ0v) is 35.1. The molecule has 2 fully saturated rings. The maximum atomic E-state index is 13.9. The highest BCUT2D eigenvalue weighted by molar-refractivity contribution is 6.02. The van der Waals surface area contributed by atoms with Crippen molar-refractivity contribution < 1.29 is 28.2 Å². The zero-order valence-electron chi connectivity index (χ0n) is 35.1. The van der Waals surface area contributed by atoms with Crippen molar-refractivity contribution in [3.05, 3.63) is 142 Å². The van der Waals surface area contributed by atoms with E-state index in [1.54, 1.807) is 0 Å². The average Bonchev–Trinajstić information content (AvgIpc) is 4.10. The fourth-order valence-corrected chi connectivity index (χ4v) is 8.24. The van der Waals surface area contributed by atoms with Gasteiger partial charge in [0.05, 0.1) is 0 Å². The first-order valence-electron chi connectivity index (χ1n) is 21.5. The highest BCUT2D eigenvalue weighted by atomic mass is 16.6. The number of carbonyl (C=O) groups excluding carboxylic acids is 3. The fraction of sp³-hybridized carbons (Fsp3) is 0.396. The zero-order chi connectivity index (χ0) is 42.3. The number of nitrogens with zero attached hydrogens (tertiary/aromatic N) is 6. The molecule has 2 aliphatic heterocycles. The van der Waals surface area contributed by atoms with Crippen LogP contribution in [0.4, 0.5) is 4.79 Å². The third-order valence-corrected chi connectivity index (χ3v) is 11.3. The van der Waals surface area contributed by atoms with Gasteiger partial charge in [0.15, 0.2) is 11.6 Å². The van der Waals surface area contributed by atoms with Gasteiger partial charge in [-0.15, -0.1) is 0 Å². The van der Waals surface area contributed by atoms with Crippen molar-refractivity contribution >= 4 is 28.7 Å². The first-order chi connectivity index (χ1) is 29.6. The molecule has 61 heavy (non-hydrogen) atoms. The minimum atomic E-state index is -0.537. The molecule has 2 saturated heterocycles. The summed E-state index contributed by atoms with van der Waals surface area (Å²) in [6.45, 7) is 7.13. The van der Waals surface area contributed by atoms with Crippen LogP contribution < -0.4 is 5.32 Å². The van der Waals surface area contributed by atoms with E-state index in [0.717, 1.165) is 67.7 Å². The smallest absolute Gasteiger partial charge is 0.407 e. The Kier molecular flexibility index (Phi) is 12.5. The van der Waals surface area contributed by atoms with E-state index >= 15 is 0 Å². The number of amides is 3. The van der Waals surface area contributed by atoms with E-state index < -0.39 is 11.7 Å². The molecule has 8 rings (SSSR count). The van der Waals surface area contributed by atoms with Crippen LogP contribution in [0.3, 0.4) is 0 Å². The van der Waals surface area contributed by atoms with Crippen LogP contribution in [0.15, 0.2) is 100 Å². The summed E-state index contributed by atoms with van der Waals surface area (Å²) in [5, 5.41) is 13.0. The monoisotopic (exact) mass is 823 g/mol. The SMILES string of the molecule is CC(C)(C)OC(=O)NCc1ccc(CCCc2noc([C@@H]3CCCN3C(=O)c3ccc4cc(C(=O)N5CCC[C@H]5c5nc(CCCc6ccccc6)no5)ccc4c3)n2)cc1. The van der Waals surface area contributed by atoms with Crippen molar-refractivity contribution in [2.24, 2.45) is 0 Å². The molecular formula is C48H53N7O6. The number of benzene rings is 4. The first kappa shape index (κ1) is 41.4. The Morgan fingerprint density at radius 3 is 1.66 bits per heavy atom. The van der Waals surface area contributed by atoms with Crippen LogP contribution in [0.5, 0.6) is 0 Å². The van der Waals surface area contributed by atoms with Gasteiger partial charge in [0.1, 0.15) is 17.7 Å². The maximum Gasteiger partial charge on any atom is 0.407 e. The van der Waals surface area contributed by atoms with Crippen LogP contribution in [0.25, 0.3) is 10.8 Å². The van der Waals surface area contributed by atoms with Gasteiger partial charge < -0.3 is 28.9 Å². The lowest BCUT2D eigenvalue weighted by Gasteiger charge is -2.23. The minimum Gasteiger partial charge on any atom is -0.444 e. The number of aryl methyl sites for hydroxylation is 4. The van der Waals surface area contributed by atoms with Crippen molar-refractivity contribution in [3.63, 3.8) is 0 Å². The van der Waals surface area contributed by atoms with Gasteiger partial charge in [0.2, 0.25) is 11.8 Å². The minimum absolute atomic E-state index is 0.0765. The molecule has 0 saturated carbocycles. The van der Waals surface area contributed by atoms with Crippen molar-refractivity contribution in [2.45, 2.75) is 109 Å². The van der Waals surface area contributed by atoms with Gasteiger partial charge in [0, 0.05) is 43.6 Å². The maximum absolute atomic E-state index is 13.9. The van der Waals surface area contributed by atoms with Gasteiger partial charge >= 0.3 is 6.09 Å². The average molecular weight is 824 g/mol. The molecule has 0 aliphatic carbocycles. The summed E-state index contributed by atoms with van der Waals surface area (Å²) < 4.78 is 16.7. The third-order valence-electron chi connectivity index (χ3n) is 11.3. The van der Waals surface area contributed by atoms with Gasteiger partial charge in [-0.05, 0) is 124 Å². The van der Waals surface area contributed by atoms with Crippen LogP contribution in [-0.4, -0.2) is 66.7 Å². The number of alkyl carbamates (subject to hydrolysis) is 1. The van der Waals surface area contributed by atoms with Crippen LogP contribution in [0.1, 0.15) is 132 Å². The largest absolute Gasteiger partial charge is 0.444 e. The molecule has 2 aliphatic rings. The van der Waals surface area contributed by atoms with Crippen LogP contribution >= 0.6 is 0 Å². The van der Waals surface area contributed by atoms with Crippen LogP contribution in [0, 0.1) is 0 Å². The summed E-state index contributed by atoms with van der Waals surface area (Å²) in [7, 11) is 0. The number of hydrogen-bond acceptors (Lipinski definition) is 10. The Hall–Kier alpha value is -6.37. The Labute approximate surface area is 355 Å². The topological polar surface area (TPSA) is 157 Å². The molecule has 0 spiro atoms. The molecule has 13 nitrogen and oxygen atoms in total. The molecule has 3 amide bonds. The lowest BCUT2D eigenvalue weighted by atomic mass is 10.0. The Balaban J connectivity index is 0.837. The Morgan fingerprint density at radius 1 is 0.656 bits per heavy atom. The van der Waals surface area contributed by atoms with Crippen molar-refractivity contribution in [3.8, 4) is 0 Å². The molecule has 0 unspecified atom stereocenters. The van der Waals surface area contributed by atoms with E-state index in [2.05, 4.69) is 39.9 Å². The van der Waals surface area contributed by atoms with Crippen LogP contribution in [0.2, 0.25) is 0 Å². The summed E-state index contributed by atoms with van der Waals surface area (Å²) in [5.74, 6) is 2.09. The van der Waals surface area contributed by atoms with Gasteiger partial charge in [-0.1, -0.05) is 77.0 Å². The number of likely N-dealkylation sites (tertiary alicyclic amines) is 2. The highest BCUT2D eigenvalue weighted by Crippen LogP contribution is 2.35. The van der Waals surface area contributed by atoms with E-state index in [1.165, 1.54) is 11.1 Å². The number of carbonyl (C=O) groups is 3. The van der Waals surface area contributed by atoms with E-state index in [1.807, 2.05) is 97.3 Å². The van der Waals surface area contributed by atoms with Gasteiger partial charge in [-0.3, -0.25) is 9.59 Å². The second-order valence-electron chi connectivity index (χ2n) is 17.1. The highest BCUT2D eigenvalue weighted by Gasteiger charge is 2.36. The van der Waals surface area contributed by atoms with E-state index in [0.29, 0.717) is 67.0 Å². The molecule has 2 aromatic heterocycles. The predicted octanol–water partition coefficient (Wildman–Crippen LogP) is 8.94. The second kappa shape index (κ2) is 18.5. The van der Waals surface area contributed by atoms with Gasteiger partial charge in [-0.2, -0.15) is 9.97 Å². The Morgan fingerprint density at radius 2 is 1.15 bits per heavy atom.